The van der Waals surface area contributed by atoms with Crippen LogP contribution in [-0.2, 0) is 6.54 Å². The quantitative estimate of drug-likeness (QED) is 0.700. The van der Waals surface area contributed by atoms with Crippen LogP contribution >= 0.6 is 0 Å². The predicted octanol–water partition coefficient (Wildman–Crippen LogP) is 1.52. The Hall–Kier alpha value is -3.42. The van der Waals surface area contributed by atoms with Crippen LogP contribution in [0.2, 0.25) is 0 Å². The topological polar surface area (TPSA) is 84.5 Å². The Morgan fingerprint density at radius 1 is 0.926 bits per heavy atom. The van der Waals surface area contributed by atoms with Gasteiger partial charge >= 0.3 is 0 Å². The first-order valence-electron chi connectivity index (χ1n) is 8.77. The number of hydrogen-bond acceptors (Lipinski definition) is 5. The molecule has 3 heterocycles. The van der Waals surface area contributed by atoms with Crippen LogP contribution in [-0.4, -0.2) is 62.8 Å². The molecular formula is C19H19N5O3. The second kappa shape index (κ2) is 7.45. The summed E-state index contributed by atoms with van der Waals surface area (Å²) in [6.45, 7) is 2.40. The smallest absolute Gasteiger partial charge is 0.289 e. The highest BCUT2D eigenvalue weighted by Crippen LogP contribution is 2.11. The van der Waals surface area contributed by atoms with Crippen LogP contribution in [0.25, 0.3) is 0 Å². The van der Waals surface area contributed by atoms with Gasteiger partial charge in [0.25, 0.3) is 11.8 Å². The molecule has 3 aromatic rings. The van der Waals surface area contributed by atoms with E-state index in [1.165, 1.54) is 6.26 Å². The lowest BCUT2D eigenvalue weighted by Gasteiger charge is -2.33. The molecule has 2 amide bonds. The molecule has 27 heavy (non-hydrogen) atoms. The van der Waals surface area contributed by atoms with E-state index in [-0.39, 0.29) is 11.8 Å². The molecule has 0 saturated carbocycles. The molecule has 0 spiro atoms. The normalized spacial score (nSPS) is 14.4. The van der Waals surface area contributed by atoms with Gasteiger partial charge in [0, 0.05) is 26.2 Å². The van der Waals surface area contributed by atoms with E-state index in [1.807, 2.05) is 30.3 Å². The molecule has 0 N–H and O–H groups in total. The summed E-state index contributed by atoms with van der Waals surface area (Å²) in [7, 11) is 0. The first-order valence-corrected chi connectivity index (χ1v) is 8.77. The Kier molecular flexibility index (Phi) is 4.69. The molecule has 1 aromatic carbocycles. The third-order valence-corrected chi connectivity index (χ3v) is 4.53. The number of piperazine rings is 1. The van der Waals surface area contributed by atoms with Crippen molar-refractivity contribution in [3.8, 4) is 0 Å². The van der Waals surface area contributed by atoms with Crippen LogP contribution < -0.4 is 0 Å². The van der Waals surface area contributed by atoms with Crippen LogP contribution in [0.1, 0.15) is 26.6 Å². The van der Waals surface area contributed by atoms with Crippen molar-refractivity contribution in [2.24, 2.45) is 0 Å². The van der Waals surface area contributed by atoms with Crippen molar-refractivity contribution in [1.29, 1.82) is 0 Å². The number of aromatic nitrogens is 3. The summed E-state index contributed by atoms with van der Waals surface area (Å²) in [5.41, 5.74) is 1.41. The SMILES string of the molecule is O=C(c1cn(Cc2ccccc2)nn1)N1CCN(C(=O)c2ccco2)CC1. The molecule has 1 saturated heterocycles. The number of rotatable bonds is 4. The summed E-state index contributed by atoms with van der Waals surface area (Å²) in [6, 6.07) is 13.2. The van der Waals surface area contributed by atoms with Crippen LogP contribution in [0.4, 0.5) is 0 Å². The van der Waals surface area contributed by atoms with E-state index < -0.39 is 0 Å². The van der Waals surface area contributed by atoms with Gasteiger partial charge < -0.3 is 14.2 Å². The highest BCUT2D eigenvalue weighted by Gasteiger charge is 2.27. The largest absolute Gasteiger partial charge is 0.459 e. The fraction of sp³-hybridized carbons (Fsp3) is 0.263. The zero-order valence-electron chi connectivity index (χ0n) is 14.7. The summed E-state index contributed by atoms with van der Waals surface area (Å²) in [5, 5.41) is 8.06. The van der Waals surface area contributed by atoms with Crippen molar-refractivity contribution < 1.29 is 14.0 Å². The number of furan rings is 1. The number of benzene rings is 1. The van der Waals surface area contributed by atoms with E-state index in [1.54, 1.807) is 32.8 Å². The highest BCUT2D eigenvalue weighted by molar-refractivity contribution is 5.93. The van der Waals surface area contributed by atoms with Gasteiger partial charge in [-0.1, -0.05) is 35.5 Å². The summed E-state index contributed by atoms with van der Waals surface area (Å²) < 4.78 is 6.80. The maximum Gasteiger partial charge on any atom is 0.289 e. The molecule has 0 aliphatic carbocycles. The lowest BCUT2D eigenvalue weighted by atomic mass is 10.2. The summed E-state index contributed by atoms with van der Waals surface area (Å²) in [5.74, 6) is -0.000976. The van der Waals surface area contributed by atoms with Crippen molar-refractivity contribution >= 4 is 11.8 Å². The maximum absolute atomic E-state index is 12.7. The van der Waals surface area contributed by atoms with Crippen LogP contribution in [0.3, 0.4) is 0 Å². The van der Waals surface area contributed by atoms with Gasteiger partial charge in [0.15, 0.2) is 11.5 Å². The highest BCUT2D eigenvalue weighted by atomic mass is 16.3. The fourth-order valence-electron chi connectivity index (χ4n) is 3.07. The lowest BCUT2D eigenvalue weighted by molar-refractivity contribution is 0.0515. The van der Waals surface area contributed by atoms with Crippen molar-refractivity contribution in [1.82, 2.24) is 24.8 Å². The van der Waals surface area contributed by atoms with E-state index in [0.29, 0.717) is 44.2 Å². The molecule has 0 unspecified atom stereocenters. The summed E-state index contributed by atoms with van der Waals surface area (Å²) in [6.07, 6.45) is 3.14. The first kappa shape index (κ1) is 17.0. The Morgan fingerprint density at radius 2 is 1.63 bits per heavy atom. The Labute approximate surface area is 156 Å². The minimum atomic E-state index is -0.167. The van der Waals surface area contributed by atoms with Gasteiger partial charge in [0.1, 0.15) is 0 Å². The molecule has 0 radical (unpaired) electrons. The minimum Gasteiger partial charge on any atom is -0.459 e. The number of amides is 2. The van der Waals surface area contributed by atoms with Gasteiger partial charge in [0.2, 0.25) is 0 Å². The molecule has 8 heteroatoms. The van der Waals surface area contributed by atoms with Crippen molar-refractivity contribution in [3.05, 3.63) is 71.9 Å². The molecule has 1 fully saturated rings. The zero-order valence-corrected chi connectivity index (χ0v) is 14.7. The van der Waals surface area contributed by atoms with Gasteiger partial charge in [-0.25, -0.2) is 4.68 Å². The average Bonchev–Trinajstić information content (AvgIpc) is 3.40. The molecule has 1 aliphatic heterocycles. The van der Waals surface area contributed by atoms with Crippen molar-refractivity contribution in [2.45, 2.75) is 6.54 Å². The molecule has 0 atom stereocenters. The minimum absolute atomic E-state index is 0.152. The van der Waals surface area contributed by atoms with Gasteiger partial charge in [-0.2, -0.15) is 0 Å². The predicted molar refractivity (Wildman–Crippen MR) is 96.1 cm³/mol. The Bertz CT molecular complexity index is 912. The van der Waals surface area contributed by atoms with E-state index in [9.17, 15) is 9.59 Å². The molecule has 0 bridgehead atoms. The number of carbonyl (C=O) groups excluding carboxylic acids is 2. The molecule has 8 nitrogen and oxygen atoms in total. The van der Waals surface area contributed by atoms with E-state index in [0.717, 1.165) is 5.56 Å². The third-order valence-electron chi connectivity index (χ3n) is 4.53. The van der Waals surface area contributed by atoms with Crippen LogP contribution in [0, 0.1) is 0 Å². The van der Waals surface area contributed by atoms with E-state index in [4.69, 9.17) is 4.42 Å². The third kappa shape index (κ3) is 3.74. The van der Waals surface area contributed by atoms with Crippen LogP contribution in [0.5, 0.6) is 0 Å². The van der Waals surface area contributed by atoms with Gasteiger partial charge in [-0.15, -0.1) is 5.10 Å². The van der Waals surface area contributed by atoms with Crippen molar-refractivity contribution in [2.75, 3.05) is 26.2 Å². The summed E-state index contributed by atoms with van der Waals surface area (Å²) in [4.78, 5) is 28.3. The van der Waals surface area contributed by atoms with E-state index in [2.05, 4.69) is 10.3 Å². The molecular weight excluding hydrogens is 346 g/mol. The maximum atomic E-state index is 12.7. The zero-order chi connectivity index (χ0) is 18.6. The molecule has 138 valence electrons. The first-order chi connectivity index (χ1) is 13.2. The molecule has 1 aliphatic rings. The van der Waals surface area contributed by atoms with E-state index >= 15 is 0 Å². The fourth-order valence-corrected chi connectivity index (χ4v) is 3.07. The standard InChI is InChI=1S/C19H19N5O3/c25-18(16-14-24(21-20-16)13-15-5-2-1-3-6-15)22-8-10-23(11-9-22)19(26)17-7-4-12-27-17/h1-7,12,14H,8-11,13H2. The second-order valence-electron chi connectivity index (χ2n) is 6.35. The number of carbonyl (C=O) groups is 2. The lowest BCUT2D eigenvalue weighted by Crippen LogP contribution is -2.50. The van der Waals surface area contributed by atoms with Gasteiger partial charge in [-0.05, 0) is 17.7 Å². The second-order valence-corrected chi connectivity index (χ2v) is 6.35. The van der Waals surface area contributed by atoms with Crippen LogP contribution in [0.15, 0.2) is 59.3 Å². The monoisotopic (exact) mass is 365 g/mol. The number of hydrogen-bond donors (Lipinski definition) is 0. The Morgan fingerprint density at radius 3 is 2.30 bits per heavy atom. The summed E-state index contributed by atoms with van der Waals surface area (Å²) >= 11 is 0. The van der Waals surface area contributed by atoms with Gasteiger partial charge in [-0.3, -0.25) is 9.59 Å². The Balaban J connectivity index is 1.35. The molecule has 4 rings (SSSR count). The average molecular weight is 365 g/mol. The van der Waals surface area contributed by atoms with Gasteiger partial charge in [0.05, 0.1) is 19.0 Å². The molecule has 2 aromatic heterocycles. The number of nitrogens with zero attached hydrogens (tertiary/aromatic N) is 5. The van der Waals surface area contributed by atoms with Crippen molar-refractivity contribution in [3.63, 3.8) is 0 Å².